The fourth-order valence-corrected chi connectivity index (χ4v) is 5.55. The summed E-state index contributed by atoms with van der Waals surface area (Å²) in [4.78, 5) is 26.4. The summed E-state index contributed by atoms with van der Waals surface area (Å²) in [5.41, 5.74) is 2.07. The molecular weight excluding hydrogens is 402 g/mol. The normalized spacial score (nSPS) is 23.6. The van der Waals surface area contributed by atoms with Gasteiger partial charge in [0.15, 0.2) is 5.54 Å². The third-order valence-corrected chi connectivity index (χ3v) is 7.00. The van der Waals surface area contributed by atoms with Gasteiger partial charge < -0.3 is 9.84 Å². The predicted molar refractivity (Wildman–Crippen MR) is 114 cm³/mol. The minimum absolute atomic E-state index is 0.460. The number of hydrogen-bond acceptors (Lipinski definition) is 6. The maximum absolute atomic E-state index is 11.1. The number of hydrogen-bond donors (Lipinski definition) is 2. The summed E-state index contributed by atoms with van der Waals surface area (Å²) < 4.78 is 6.38. The molecule has 1 unspecified atom stereocenters. The van der Waals surface area contributed by atoms with Gasteiger partial charge in [-0.3, -0.25) is 14.8 Å². The second kappa shape index (κ2) is 7.19. The van der Waals surface area contributed by atoms with Crippen LogP contribution in [0.2, 0.25) is 0 Å². The smallest absolute Gasteiger partial charge is 0.409 e. The SMILES string of the molecule is CSc1c(-c2ccncc2)nc2nc1[N+]1(CCOCC1)C21C=CC(NC(=O)O)=CC1. The number of ether oxygens (including phenoxy) is 1. The van der Waals surface area contributed by atoms with Crippen LogP contribution < -0.4 is 9.80 Å². The molecule has 2 aromatic heterocycles. The van der Waals surface area contributed by atoms with Gasteiger partial charge in [-0.15, -0.1) is 11.8 Å². The van der Waals surface area contributed by atoms with E-state index in [1.165, 1.54) is 0 Å². The van der Waals surface area contributed by atoms with E-state index >= 15 is 0 Å². The van der Waals surface area contributed by atoms with Gasteiger partial charge in [0.2, 0.25) is 11.6 Å². The van der Waals surface area contributed by atoms with Crippen LogP contribution in [0.3, 0.4) is 0 Å². The first-order valence-electron chi connectivity index (χ1n) is 9.81. The lowest BCUT2D eigenvalue weighted by Gasteiger charge is -2.48. The summed E-state index contributed by atoms with van der Waals surface area (Å²) in [6.07, 6.45) is 11.0. The van der Waals surface area contributed by atoms with Gasteiger partial charge in [-0.25, -0.2) is 9.78 Å². The number of fused-ring (bicyclic) bond motifs is 5. The molecule has 2 aliphatic heterocycles. The van der Waals surface area contributed by atoms with E-state index in [9.17, 15) is 4.79 Å². The van der Waals surface area contributed by atoms with Crippen LogP contribution >= 0.6 is 11.8 Å². The molecule has 8 nitrogen and oxygen atoms in total. The van der Waals surface area contributed by atoms with Crippen LogP contribution in [0.1, 0.15) is 12.2 Å². The second-order valence-corrected chi connectivity index (χ2v) is 8.38. The van der Waals surface area contributed by atoms with Gasteiger partial charge in [0.1, 0.15) is 18.0 Å². The topological polar surface area (TPSA) is 97.2 Å². The van der Waals surface area contributed by atoms with Crippen LogP contribution in [-0.2, 0) is 10.3 Å². The fraction of sp³-hybridized carbons (Fsp3) is 0.333. The number of nitrogens with one attached hydrogen (secondary N) is 1. The first kappa shape index (κ1) is 19.2. The summed E-state index contributed by atoms with van der Waals surface area (Å²) in [5, 5.41) is 11.5. The number of thioether (sulfide) groups is 1. The van der Waals surface area contributed by atoms with Crippen LogP contribution in [0.15, 0.2) is 53.3 Å². The summed E-state index contributed by atoms with van der Waals surface area (Å²) >= 11 is 1.67. The number of amides is 1. The Morgan fingerprint density at radius 3 is 2.67 bits per heavy atom. The lowest BCUT2D eigenvalue weighted by Crippen LogP contribution is -2.65. The van der Waals surface area contributed by atoms with Gasteiger partial charge in [0.05, 0.1) is 18.9 Å². The number of nitrogens with zero attached hydrogens (tertiary/aromatic N) is 4. The fourth-order valence-electron chi connectivity index (χ4n) is 4.79. The Morgan fingerprint density at radius 2 is 2.03 bits per heavy atom. The van der Waals surface area contributed by atoms with Crippen molar-refractivity contribution in [2.45, 2.75) is 16.9 Å². The molecule has 9 heteroatoms. The lowest BCUT2D eigenvalue weighted by atomic mass is 9.85. The van der Waals surface area contributed by atoms with Crippen LogP contribution in [-0.4, -0.2) is 58.7 Å². The number of allylic oxidation sites excluding steroid dienone is 1. The zero-order valence-electron chi connectivity index (χ0n) is 16.5. The van der Waals surface area contributed by atoms with Crippen molar-refractivity contribution in [3.05, 3.63) is 54.3 Å². The molecule has 2 bridgehead atoms. The van der Waals surface area contributed by atoms with Gasteiger partial charge in [-0.1, -0.05) is 6.08 Å². The van der Waals surface area contributed by atoms with E-state index in [1.54, 1.807) is 24.2 Å². The number of rotatable bonds is 3. The van der Waals surface area contributed by atoms with Crippen molar-refractivity contribution in [2.75, 3.05) is 32.6 Å². The third kappa shape index (κ3) is 2.69. The molecule has 2 N–H and O–H groups in total. The predicted octanol–water partition coefficient (Wildman–Crippen LogP) is 2.92. The Balaban J connectivity index is 1.69. The van der Waals surface area contributed by atoms with E-state index in [4.69, 9.17) is 19.8 Å². The van der Waals surface area contributed by atoms with Crippen LogP contribution in [0.4, 0.5) is 10.6 Å². The zero-order valence-corrected chi connectivity index (χ0v) is 17.4. The largest absolute Gasteiger partial charge is 0.465 e. The molecule has 4 heterocycles. The quantitative estimate of drug-likeness (QED) is 0.578. The minimum Gasteiger partial charge on any atom is -0.465 e. The Bertz CT molecular complexity index is 1070. The first-order valence-corrected chi connectivity index (χ1v) is 11.0. The summed E-state index contributed by atoms with van der Waals surface area (Å²) in [6.45, 7) is 2.90. The Labute approximate surface area is 178 Å². The minimum atomic E-state index is -1.06. The summed E-state index contributed by atoms with van der Waals surface area (Å²) in [5.74, 6) is 1.82. The molecule has 1 aliphatic carbocycles. The zero-order chi connectivity index (χ0) is 20.8. The molecule has 0 radical (unpaired) electrons. The molecule has 1 fully saturated rings. The van der Waals surface area contributed by atoms with E-state index in [0.717, 1.165) is 40.9 Å². The third-order valence-electron chi connectivity index (χ3n) is 6.22. The highest BCUT2D eigenvalue weighted by Crippen LogP contribution is 2.54. The molecule has 5 rings (SSSR count). The molecule has 154 valence electrons. The molecule has 30 heavy (non-hydrogen) atoms. The summed E-state index contributed by atoms with van der Waals surface area (Å²) in [6, 6.07) is 3.95. The molecule has 3 aliphatic rings. The summed E-state index contributed by atoms with van der Waals surface area (Å²) in [7, 11) is 0. The van der Waals surface area contributed by atoms with E-state index in [0.29, 0.717) is 29.8 Å². The van der Waals surface area contributed by atoms with Crippen molar-refractivity contribution >= 4 is 23.7 Å². The van der Waals surface area contributed by atoms with Crippen LogP contribution in [0.25, 0.3) is 11.3 Å². The van der Waals surface area contributed by atoms with E-state index in [1.807, 2.05) is 24.3 Å². The standard InChI is InChI=1S/C21H21N5O3S/c1-30-17-16(14-4-8-22-9-5-14)24-19-21(6-2-15(3-7-21)23-20(27)28)26(18(17)25-19)10-12-29-13-11-26/h2-6,8-9,23H,7,10-13H2,1H3/p+1. The van der Waals surface area contributed by atoms with Crippen molar-refractivity contribution in [3.8, 4) is 11.3 Å². The number of carboxylic acid groups (broad SMARTS) is 1. The average Bonchev–Trinajstić information content (AvgIpc) is 2.96. The highest BCUT2D eigenvalue weighted by Gasteiger charge is 2.62. The van der Waals surface area contributed by atoms with Crippen LogP contribution in [0, 0.1) is 0 Å². The van der Waals surface area contributed by atoms with Gasteiger partial charge in [0, 0.05) is 30.1 Å². The van der Waals surface area contributed by atoms with Gasteiger partial charge in [0.25, 0.3) is 0 Å². The molecule has 1 atom stereocenters. The Kier molecular flexibility index (Phi) is 4.61. The van der Waals surface area contributed by atoms with Gasteiger partial charge >= 0.3 is 6.09 Å². The number of quaternary nitrogens is 1. The highest BCUT2D eigenvalue weighted by molar-refractivity contribution is 7.98. The first-order chi connectivity index (χ1) is 14.6. The van der Waals surface area contributed by atoms with Crippen molar-refractivity contribution in [1.82, 2.24) is 24.8 Å². The highest BCUT2D eigenvalue weighted by atomic mass is 32.2. The van der Waals surface area contributed by atoms with Crippen LogP contribution in [0.5, 0.6) is 0 Å². The second-order valence-electron chi connectivity index (χ2n) is 7.57. The van der Waals surface area contributed by atoms with Crippen molar-refractivity contribution in [3.63, 3.8) is 0 Å². The molecule has 0 saturated carbocycles. The Morgan fingerprint density at radius 1 is 1.27 bits per heavy atom. The maximum atomic E-state index is 11.1. The molecule has 1 amide bonds. The van der Waals surface area contributed by atoms with E-state index in [-0.39, 0.29) is 0 Å². The van der Waals surface area contributed by atoms with Crippen molar-refractivity contribution in [2.24, 2.45) is 0 Å². The molecular formula is C21H22N5O3S+. The Hall–Kier alpha value is -2.75. The maximum Gasteiger partial charge on any atom is 0.409 e. The van der Waals surface area contributed by atoms with Gasteiger partial charge in [-0.2, -0.15) is 4.98 Å². The molecule has 2 spiro atoms. The van der Waals surface area contributed by atoms with Gasteiger partial charge in [-0.05, 0) is 30.5 Å². The number of aromatic nitrogens is 3. The molecule has 2 aromatic rings. The number of carbonyl (C=O) groups is 1. The monoisotopic (exact) mass is 424 g/mol. The average molecular weight is 425 g/mol. The van der Waals surface area contributed by atoms with E-state index < -0.39 is 11.6 Å². The van der Waals surface area contributed by atoms with Crippen molar-refractivity contribution < 1.29 is 14.6 Å². The number of morpholine rings is 1. The lowest BCUT2D eigenvalue weighted by molar-refractivity contribution is 0.000579. The molecule has 1 saturated heterocycles. The number of pyridine rings is 1. The van der Waals surface area contributed by atoms with Crippen molar-refractivity contribution in [1.29, 1.82) is 0 Å². The van der Waals surface area contributed by atoms with E-state index in [2.05, 4.69) is 22.6 Å². The molecule has 0 aromatic carbocycles.